The van der Waals surface area contributed by atoms with Crippen molar-refractivity contribution in [3.8, 4) is 11.3 Å². The fourth-order valence-corrected chi connectivity index (χ4v) is 4.19. The molecule has 0 unspecified atom stereocenters. The van der Waals surface area contributed by atoms with Gasteiger partial charge in [-0.25, -0.2) is 4.98 Å². The van der Waals surface area contributed by atoms with E-state index in [9.17, 15) is 22.8 Å². The Kier molecular flexibility index (Phi) is 6.92. The van der Waals surface area contributed by atoms with E-state index in [1.54, 1.807) is 0 Å². The molecule has 190 valence electrons. The minimum Gasteiger partial charge on any atom is -0.349 e. The predicted octanol–water partition coefficient (Wildman–Crippen LogP) is 3.61. The van der Waals surface area contributed by atoms with Crippen LogP contribution in [0, 0.1) is 0 Å². The first kappa shape index (κ1) is 25.5. The van der Waals surface area contributed by atoms with Crippen molar-refractivity contribution in [3.63, 3.8) is 0 Å². The number of hydrogen-bond acceptors (Lipinski definition) is 5. The predicted molar refractivity (Wildman–Crippen MR) is 127 cm³/mol. The summed E-state index contributed by atoms with van der Waals surface area (Å²) in [5.41, 5.74) is 5.00. The molecule has 1 aliphatic rings. The Labute approximate surface area is 209 Å². The molecule has 0 spiro atoms. The number of alkyl halides is 3. The summed E-state index contributed by atoms with van der Waals surface area (Å²) in [6.07, 6.45) is 0.507. The highest BCUT2D eigenvalue weighted by molar-refractivity contribution is 6.34. The van der Waals surface area contributed by atoms with Gasteiger partial charge in [0.1, 0.15) is 0 Å². The topological polar surface area (TPSA) is 120 Å². The highest BCUT2D eigenvalue weighted by Gasteiger charge is 2.38. The highest BCUT2D eigenvalue weighted by atomic mass is 35.5. The molecule has 3 aromatic rings. The molecule has 1 saturated carbocycles. The van der Waals surface area contributed by atoms with Gasteiger partial charge in [0, 0.05) is 31.0 Å². The SMILES string of the molecule is C=CCn1cc(-c2cnc(C(=O)Nc3ccc(C(=O)N[C@H]4C[C@@H](N)C4)c(Cl)c3)n2C)c(C(F)(F)F)n1. The molecule has 2 heterocycles. The Morgan fingerprint density at radius 2 is 2.03 bits per heavy atom. The van der Waals surface area contributed by atoms with Crippen LogP contribution in [0.1, 0.15) is 39.5 Å². The lowest BCUT2D eigenvalue weighted by Crippen LogP contribution is -2.50. The van der Waals surface area contributed by atoms with E-state index in [1.807, 2.05) is 0 Å². The van der Waals surface area contributed by atoms with E-state index < -0.39 is 17.8 Å². The fraction of sp³-hybridized carbons (Fsp3) is 0.304. The number of hydrogen-bond donors (Lipinski definition) is 3. The van der Waals surface area contributed by atoms with E-state index in [2.05, 4.69) is 27.3 Å². The van der Waals surface area contributed by atoms with Crippen molar-refractivity contribution in [2.45, 2.75) is 37.6 Å². The first-order valence-corrected chi connectivity index (χ1v) is 11.3. The Morgan fingerprint density at radius 1 is 1.31 bits per heavy atom. The molecule has 4 N–H and O–H groups in total. The third-order valence-electron chi connectivity index (χ3n) is 5.79. The first-order chi connectivity index (χ1) is 17.0. The van der Waals surface area contributed by atoms with E-state index in [-0.39, 0.29) is 57.9 Å². The zero-order valence-electron chi connectivity index (χ0n) is 19.1. The Hall–Kier alpha value is -3.64. The van der Waals surface area contributed by atoms with Gasteiger partial charge in [-0.3, -0.25) is 14.3 Å². The van der Waals surface area contributed by atoms with Gasteiger partial charge in [0.15, 0.2) is 11.5 Å². The number of halogens is 4. The molecule has 9 nitrogen and oxygen atoms in total. The zero-order chi connectivity index (χ0) is 26.2. The Balaban J connectivity index is 1.52. The van der Waals surface area contributed by atoms with Crippen LogP contribution in [0.25, 0.3) is 11.3 Å². The van der Waals surface area contributed by atoms with Crippen molar-refractivity contribution in [1.29, 1.82) is 0 Å². The van der Waals surface area contributed by atoms with Crippen LogP contribution in [0.5, 0.6) is 0 Å². The molecule has 4 rings (SSSR count). The molecular weight excluding hydrogens is 499 g/mol. The van der Waals surface area contributed by atoms with Crippen LogP contribution in [0.15, 0.2) is 43.2 Å². The van der Waals surface area contributed by atoms with Crippen LogP contribution in [-0.2, 0) is 19.8 Å². The maximum atomic E-state index is 13.6. The number of nitrogens with two attached hydrogens (primary N) is 1. The van der Waals surface area contributed by atoms with Gasteiger partial charge in [-0.2, -0.15) is 18.3 Å². The normalized spacial score (nSPS) is 17.4. The van der Waals surface area contributed by atoms with Crippen LogP contribution in [0.3, 0.4) is 0 Å². The van der Waals surface area contributed by atoms with Crippen molar-refractivity contribution < 1.29 is 22.8 Å². The molecule has 1 aliphatic carbocycles. The first-order valence-electron chi connectivity index (χ1n) is 10.9. The number of amides is 2. The molecule has 0 bridgehead atoms. The summed E-state index contributed by atoms with van der Waals surface area (Å²) < 4.78 is 43.0. The van der Waals surface area contributed by atoms with Gasteiger partial charge in [-0.1, -0.05) is 17.7 Å². The van der Waals surface area contributed by atoms with Gasteiger partial charge < -0.3 is 20.9 Å². The lowest BCUT2D eigenvalue weighted by Gasteiger charge is -2.33. The molecule has 0 saturated heterocycles. The summed E-state index contributed by atoms with van der Waals surface area (Å²) in [4.78, 5) is 29.3. The smallest absolute Gasteiger partial charge is 0.349 e. The quantitative estimate of drug-likeness (QED) is 0.410. The van der Waals surface area contributed by atoms with Crippen molar-refractivity contribution in [2.24, 2.45) is 12.8 Å². The van der Waals surface area contributed by atoms with Gasteiger partial charge in [-0.05, 0) is 31.0 Å². The number of benzene rings is 1. The number of allylic oxidation sites excluding steroid dienone is 1. The number of aromatic nitrogens is 4. The van der Waals surface area contributed by atoms with E-state index in [0.717, 1.165) is 4.68 Å². The summed E-state index contributed by atoms with van der Waals surface area (Å²) in [5, 5.41) is 9.17. The van der Waals surface area contributed by atoms with Crippen molar-refractivity contribution in [3.05, 3.63) is 65.4 Å². The zero-order valence-corrected chi connectivity index (χ0v) is 19.9. The molecular formula is C23H23ClF3N7O2. The second kappa shape index (κ2) is 9.78. The molecule has 0 aliphatic heterocycles. The van der Waals surface area contributed by atoms with E-state index in [1.165, 1.54) is 48.3 Å². The minimum absolute atomic E-state index is 0.00213. The Morgan fingerprint density at radius 3 is 2.64 bits per heavy atom. The van der Waals surface area contributed by atoms with Crippen LogP contribution >= 0.6 is 11.6 Å². The van der Waals surface area contributed by atoms with Gasteiger partial charge >= 0.3 is 6.18 Å². The monoisotopic (exact) mass is 521 g/mol. The summed E-state index contributed by atoms with van der Waals surface area (Å²) in [7, 11) is 1.43. The molecule has 1 fully saturated rings. The molecule has 2 amide bonds. The van der Waals surface area contributed by atoms with E-state index >= 15 is 0 Å². The van der Waals surface area contributed by atoms with Crippen LogP contribution in [0.4, 0.5) is 18.9 Å². The van der Waals surface area contributed by atoms with Crippen LogP contribution in [0.2, 0.25) is 5.02 Å². The second-order valence-corrected chi connectivity index (χ2v) is 8.88. The Bertz CT molecular complexity index is 1330. The third-order valence-corrected chi connectivity index (χ3v) is 6.11. The number of nitrogens with one attached hydrogen (secondary N) is 2. The molecule has 0 atom stereocenters. The maximum absolute atomic E-state index is 13.6. The number of carbonyl (C=O) groups excluding carboxylic acids is 2. The van der Waals surface area contributed by atoms with Crippen molar-refractivity contribution >= 4 is 29.1 Å². The van der Waals surface area contributed by atoms with E-state index in [4.69, 9.17) is 17.3 Å². The number of anilines is 1. The van der Waals surface area contributed by atoms with Crippen LogP contribution < -0.4 is 16.4 Å². The largest absolute Gasteiger partial charge is 0.435 e. The van der Waals surface area contributed by atoms with E-state index in [0.29, 0.717) is 12.8 Å². The molecule has 2 aromatic heterocycles. The molecule has 1 aromatic carbocycles. The molecule has 36 heavy (non-hydrogen) atoms. The summed E-state index contributed by atoms with van der Waals surface area (Å²) in [6.45, 7) is 3.59. The lowest BCUT2D eigenvalue weighted by atomic mass is 9.87. The van der Waals surface area contributed by atoms with Gasteiger partial charge in [0.05, 0.1) is 34.6 Å². The van der Waals surface area contributed by atoms with Gasteiger partial charge in [0.2, 0.25) is 0 Å². The summed E-state index contributed by atoms with van der Waals surface area (Å²) in [5.74, 6) is -1.15. The van der Waals surface area contributed by atoms with Crippen LogP contribution in [-0.4, -0.2) is 43.2 Å². The van der Waals surface area contributed by atoms with Crippen molar-refractivity contribution in [2.75, 3.05) is 5.32 Å². The summed E-state index contributed by atoms with van der Waals surface area (Å²) >= 11 is 6.25. The fourth-order valence-electron chi connectivity index (χ4n) is 3.92. The lowest BCUT2D eigenvalue weighted by molar-refractivity contribution is -0.141. The van der Waals surface area contributed by atoms with Crippen molar-refractivity contribution in [1.82, 2.24) is 24.6 Å². The summed E-state index contributed by atoms with van der Waals surface area (Å²) in [6, 6.07) is 4.46. The highest BCUT2D eigenvalue weighted by Crippen LogP contribution is 2.36. The third kappa shape index (κ3) is 5.14. The van der Waals surface area contributed by atoms with Gasteiger partial charge in [0.25, 0.3) is 11.8 Å². The average molecular weight is 522 g/mol. The number of imidazole rings is 1. The molecule has 0 radical (unpaired) electrons. The average Bonchev–Trinajstić information content (AvgIpc) is 3.36. The number of rotatable bonds is 7. The minimum atomic E-state index is -4.70. The number of carbonyl (C=O) groups is 2. The molecule has 13 heteroatoms. The van der Waals surface area contributed by atoms with Gasteiger partial charge in [-0.15, -0.1) is 6.58 Å². The standard InChI is InChI=1S/C23H23ClF3N7O2/c1-3-6-34-11-16(19(32-34)23(25,26)27)18-10-29-20(33(18)2)22(36)30-13-4-5-15(17(24)9-13)21(35)31-14-7-12(28)8-14/h3-5,9-12,14H,1,6-8,28H2,2H3,(H,30,36)(H,31,35)/t12-,14+. The maximum Gasteiger partial charge on any atom is 0.435 e. The number of nitrogens with zero attached hydrogens (tertiary/aromatic N) is 4. The second-order valence-electron chi connectivity index (χ2n) is 8.48.